The molecule has 0 radical (unpaired) electrons. The average Bonchev–Trinajstić information content (AvgIpc) is 2.36. The van der Waals surface area contributed by atoms with Gasteiger partial charge in [-0.05, 0) is 36.2 Å². The molecular weight excluding hydrogens is 264 g/mol. The summed E-state index contributed by atoms with van der Waals surface area (Å²) in [6.45, 7) is 2.34. The number of anilines is 3. The maximum atomic E-state index is 5.93. The Morgan fingerprint density at radius 2 is 2.16 bits per heavy atom. The van der Waals surface area contributed by atoms with E-state index in [-0.39, 0.29) is 5.28 Å². The first kappa shape index (κ1) is 13.6. The van der Waals surface area contributed by atoms with Crippen LogP contribution in [0.4, 0.5) is 17.2 Å². The fourth-order valence-electron chi connectivity index (χ4n) is 1.68. The summed E-state index contributed by atoms with van der Waals surface area (Å²) in [4.78, 5) is 8.08. The number of halogens is 1. The molecule has 0 atom stereocenters. The van der Waals surface area contributed by atoms with Crippen LogP contribution in [-0.2, 0) is 11.3 Å². The van der Waals surface area contributed by atoms with Gasteiger partial charge in [0, 0.05) is 12.8 Å². The highest BCUT2D eigenvalue weighted by atomic mass is 35.5. The van der Waals surface area contributed by atoms with Crippen LogP contribution in [0, 0.1) is 6.92 Å². The molecule has 0 saturated carbocycles. The number of aryl methyl sites for hydroxylation is 1. The molecule has 0 aliphatic heterocycles. The van der Waals surface area contributed by atoms with Crippen molar-refractivity contribution in [2.24, 2.45) is 0 Å². The van der Waals surface area contributed by atoms with Crippen LogP contribution in [0.1, 0.15) is 11.3 Å². The van der Waals surface area contributed by atoms with Gasteiger partial charge in [-0.2, -0.15) is 4.98 Å². The Hall–Kier alpha value is -1.85. The standard InChI is InChI=1S/C13H15ClN4O/c1-8-11(15)12(18-13(14)16-8)17-10-5-3-4-9(6-10)7-19-2/h3-6H,7,15H2,1-2H3,(H,16,17,18). The van der Waals surface area contributed by atoms with E-state index in [1.807, 2.05) is 24.3 Å². The van der Waals surface area contributed by atoms with E-state index in [4.69, 9.17) is 22.1 Å². The number of nitrogens with one attached hydrogen (secondary N) is 1. The molecule has 2 rings (SSSR count). The number of nitrogen functional groups attached to an aromatic ring is 1. The van der Waals surface area contributed by atoms with E-state index in [9.17, 15) is 0 Å². The van der Waals surface area contributed by atoms with Crippen LogP contribution in [0.5, 0.6) is 0 Å². The Kier molecular flexibility index (Phi) is 4.19. The largest absolute Gasteiger partial charge is 0.394 e. The predicted octanol–water partition coefficient (Wildman–Crippen LogP) is 2.91. The summed E-state index contributed by atoms with van der Waals surface area (Å²) in [6.07, 6.45) is 0. The van der Waals surface area contributed by atoms with Gasteiger partial charge >= 0.3 is 0 Å². The van der Waals surface area contributed by atoms with Gasteiger partial charge in [-0.3, -0.25) is 0 Å². The van der Waals surface area contributed by atoms with Crippen molar-refractivity contribution in [1.29, 1.82) is 0 Å². The molecule has 1 heterocycles. The lowest BCUT2D eigenvalue weighted by atomic mass is 10.2. The molecule has 0 fully saturated rings. The van der Waals surface area contributed by atoms with E-state index in [2.05, 4.69) is 15.3 Å². The molecule has 0 amide bonds. The number of benzene rings is 1. The zero-order chi connectivity index (χ0) is 13.8. The third kappa shape index (κ3) is 3.33. The zero-order valence-corrected chi connectivity index (χ0v) is 11.5. The number of hydrogen-bond acceptors (Lipinski definition) is 5. The number of nitrogens with zero attached hydrogens (tertiary/aromatic N) is 2. The minimum Gasteiger partial charge on any atom is -0.394 e. The van der Waals surface area contributed by atoms with Gasteiger partial charge in [0.1, 0.15) is 0 Å². The first-order valence-electron chi connectivity index (χ1n) is 5.74. The maximum Gasteiger partial charge on any atom is 0.224 e. The molecule has 5 nitrogen and oxygen atoms in total. The highest BCUT2D eigenvalue weighted by Crippen LogP contribution is 2.24. The van der Waals surface area contributed by atoms with E-state index < -0.39 is 0 Å². The number of hydrogen-bond donors (Lipinski definition) is 2. The van der Waals surface area contributed by atoms with Crippen molar-refractivity contribution >= 4 is 28.8 Å². The van der Waals surface area contributed by atoms with Gasteiger partial charge in [0.05, 0.1) is 18.0 Å². The topological polar surface area (TPSA) is 73.1 Å². The molecule has 2 aromatic rings. The molecule has 3 N–H and O–H groups in total. The quantitative estimate of drug-likeness (QED) is 0.841. The number of nitrogens with two attached hydrogens (primary N) is 1. The van der Waals surface area contributed by atoms with Gasteiger partial charge in [-0.15, -0.1) is 0 Å². The van der Waals surface area contributed by atoms with Crippen molar-refractivity contribution in [1.82, 2.24) is 9.97 Å². The summed E-state index contributed by atoms with van der Waals surface area (Å²) in [5.74, 6) is 0.507. The zero-order valence-electron chi connectivity index (χ0n) is 10.8. The van der Waals surface area contributed by atoms with Crippen LogP contribution in [0.3, 0.4) is 0 Å². The summed E-state index contributed by atoms with van der Waals surface area (Å²) in [6, 6.07) is 7.80. The molecule has 1 aromatic heterocycles. The molecule has 0 saturated heterocycles. The lowest BCUT2D eigenvalue weighted by Crippen LogP contribution is -2.04. The SMILES string of the molecule is COCc1cccc(Nc2nc(Cl)nc(C)c2N)c1. The number of ether oxygens (including phenoxy) is 1. The third-order valence-corrected chi connectivity index (χ3v) is 2.78. The minimum atomic E-state index is 0.169. The van der Waals surface area contributed by atoms with Crippen molar-refractivity contribution < 1.29 is 4.74 Å². The smallest absolute Gasteiger partial charge is 0.224 e. The lowest BCUT2D eigenvalue weighted by molar-refractivity contribution is 0.185. The van der Waals surface area contributed by atoms with Gasteiger partial charge in [0.2, 0.25) is 5.28 Å². The average molecular weight is 279 g/mol. The Bertz CT molecular complexity index is 589. The third-order valence-electron chi connectivity index (χ3n) is 2.61. The monoisotopic (exact) mass is 278 g/mol. The van der Waals surface area contributed by atoms with E-state index >= 15 is 0 Å². The van der Waals surface area contributed by atoms with Gasteiger partial charge in [-0.25, -0.2) is 4.98 Å². The van der Waals surface area contributed by atoms with Crippen LogP contribution in [0.15, 0.2) is 24.3 Å². The first-order chi connectivity index (χ1) is 9.10. The molecule has 1 aromatic carbocycles. The molecule has 19 heavy (non-hydrogen) atoms. The summed E-state index contributed by atoms with van der Waals surface area (Å²) in [5, 5.41) is 3.31. The van der Waals surface area contributed by atoms with Crippen LogP contribution >= 0.6 is 11.6 Å². The predicted molar refractivity (Wildman–Crippen MR) is 76.6 cm³/mol. The molecule has 0 unspecified atom stereocenters. The summed E-state index contributed by atoms with van der Waals surface area (Å²) in [7, 11) is 1.66. The number of methoxy groups -OCH3 is 1. The summed E-state index contributed by atoms with van der Waals surface area (Å²) in [5.41, 5.74) is 8.99. The van der Waals surface area contributed by atoms with Gasteiger partial charge < -0.3 is 15.8 Å². The molecule has 0 aliphatic carbocycles. The Morgan fingerprint density at radius 3 is 2.89 bits per heavy atom. The molecule has 0 bridgehead atoms. The number of rotatable bonds is 4. The maximum absolute atomic E-state index is 5.93. The van der Waals surface area contributed by atoms with E-state index in [1.54, 1.807) is 14.0 Å². The summed E-state index contributed by atoms with van der Waals surface area (Å²) < 4.78 is 5.10. The summed E-state index contributed by atoms with van der Waals surface area (Å²) >= 11 is 5.83. The second-order valence-electron chi connectivity index (χ2n) is 4.10. The van der Waals surface area contributed by atoms with E-state index in [1.165, 1.54) is 0 Å². The lowest BCUT2D eigenvalue weighted by Gasteiger charge is -2.11. The van der Waals surface area contributed by atoms with E-state index in [0.717, 1.165) is 11.3 Å². The highest BCUT2D eigenvalue weighted by Gasteiger charge is 2.08. The fourth-order valence-corrected chi connectivity index (χ4v) is 1.90. The van der Waals surface area contributed by atoms with Crippen LogP contribution in [-0.4, -0.2) is 17.1 Å². The minimum absolute atomic E-state index is 0.169. The molecule has 0 aliphatic rings. The highest BCUT2D eigenvalue weighted by molar-refractivity contribution is 6.28. The molecule has 0 spiro atoms. The Labute approximate surface area is 116 Å². The number of aromatic nitrogens is 2. The van der Waals surface area contributed by atoms with Gasteiger partial charge in [-0.1, -0.05) is 12.1 Å². The Morgan fingerprint density at radius 1 is 1.37 bits per heavy atom. The second-order valence-corrected chi connectivity index (χ2v) is 4.44. The van der Waals surface area contributed by atoms with Crippen LogP contribution in [0.25, 0.3) is 0 Å². The van der Waals surface area contributed by atoms with Gasteiger partial charge in [0.15, 0.2) is 5.82 Å². The normalized spacial score (nSPS) is 10.5. The van der Waals surface area contributed by atoms with Crippen LogP contribution < -0.4 is 11.1 Å². The van der Waals surface area contributed by atoms with E-state index in [0.29, 0.717) is 23.8 Å². The molecule has 100 valence electrons. The van der Waals surface area contributed by atoms with Crippen molar-refractivity contribution in [3.63, 3.8) is 0 Å². The van der Waals surface area contributed by atoms with Crippen molar-refractivity contribution in [3.8, 4) is 0 Å². The van der Waals surface area contributed by atoms with Crippen LogP contribution in [0.2, 0.25) is 5.28 Å². The Balaban J connectivity index is 2.28. The van der Waals surface area contributed by atoms with Gasteiger partial charge in [0.25, 0.3) is 0 Å². The molecular formula is C13H15ClN4O. The fraction of sp³-hybridized carbons (Fsp3) is 0.231. The van der Waals surface area contributed by atoms with Crippen molar-refractivity contribution in [2.75, 3.05) is 18.2 Å². The molecule has 6 heteroatoms. The van der Waals surface area contributed by atoms with Crippen molar-refractivity contribution in [2.45, 2.75) is 13.5 Å². The first-order valence-corrected chi connectivity index (χ1v) is 6.12. The van der Waals surface area contributed by atoms with Crippen molar-refractivity contribution in [3.05, 3.63) is 40.8 Å². The second kappa shape index (κ2) is 5.86.